The van der Waals surface area contributed by atoms with Crippen molar-refractivity contribution >= 4 is 23.3 Å². The molecular formula is C15H15N3O3S. The van der Waals surface area contributed by atoms with Crippen LogP contribution in [0.25, 0.3) is 0 Å². The van der Waals surface area contributed by atoms with Gasteiger partial charge in [0.1, 0.15) is 12.6 Å². The maximum atomic E-state index is 12.3. The highest BCUT2D eigenvalue weighted by molar-refractivity contribution is 7.09. The average molecular weight is 317 g/mol. The first-order valence-electron chi connectivity index (χ1n) is 6.86. The Kier molecular flexibility index (Phi) is 4.34. The van der Waals surface area contributed by atoms with Gasteiger partial charge in [-0.1, -0.05) is 12.1 Å². The Hall–Kier alpha value is -2.41. The minimum Gasteiger partial charge on any atom is -0.447 e. The highest BCUT2D eigenvalue weighted by Crippen LogP contribution is 2.19. The van der Waals surface area contributed by atoms with E-state index in [4.69, 9.17) is 4.74 Å². The number of ether oxygens (including phenoxy) is 1. The van der Waals surface area contributed by atoms with Crippen LogP contribution in [0, 0.1) is 0 Å². The van der Waals surface area contributed by atoms with Crippen molar-refractivity contribution in [2.75, 3.05) is 6.61 Å². The van der Waals surface area contributed by atoms with Gasteiger partial charge in [0, 0.05) is 23.8 Å². The summed E-state index contributed by atoms with van der Waals surface area (Å²) in [6.07, 6.45) is 2.92. The first-order chi connectivity index (χ1) is 10.7. The molecule has 1 atom stereocenters. The van der Waals surface area contributed by atoms with Crippen LogP contribution in [0.2, 0.25) is 0 Å². The molecule has 0 saturated carbocycles. The molecule has 0 spiro atoms. The zero-order chi connectivity index (χ0) is 15.4. The molecule has 2 aromatic heterocycles. The van der Waals surface area contributed by atoms with Gasteiger partial charge in [0.15, 0.2) is 0 Å². The van der Waals surface area contributed by atoms with Gasteiger partial charge in [-0.15, -0.1) is 11.3 Å². The van der Waals surface area contributed by atoms with Crippen molar-refractivity contribution in [3.63, 3.8) is 0 Å². The van der Waals surface area contributed by atoms with Gasteiger partial charge in [0.2, 0.25) is 5.91 Å². The molecule has 1 N–H and O–H groups in total. The normalized spacial score (nSPS) is 17.4. The minimum absolute atomic E-state index is 0.0864. The van der Waals surface area contributed by atoms with Crippen LogP contribution >= 0.6 is 11.3 Å². The quantitative estimate of drug-likeness (QED) is 0.912. The Bertz CT molecular complexity index is 645. The van der Waals surface area contributed by atoms with Gasteiger partial charge in [0.05, 0.1) is 6.54 Å². The number of hydrogen-bond acceptors (Lipinski definition) is 5. The van der Waals surface area contributed by atoms with E-state index in [1.807, 2.05) is 29.6 Å². The third-order valence-corrected chi connectivity index (χ3v) is 4.24. The number of nitrogens with one attached hydrogen (secondary N) is 1. The predicted octanol–water partition coefficient (Wildman–Crippen LogP) is 1.78. The van der Waals surface area contributed by atoms with Crippen molar-refractivity contribution in [2.45, 2.75) is 19.1 Å². The van der Waals surface area contributed by atoms with Gasteiger partial charge in [-0.2, -0.15) is 0 Å². The average Bonchev–Trinajstić information content (AvgIpc) is 3.17. The molecule has 7 heteroatoms. The fourth-order valence-electron chi connectivity index (χ4n) is 2.22. The minimum atomic E-state index is -0.591. The van der Waals surface area contributed by atoms with Gasteiger partial charge in [-0.05, 0) is 23.1 Å². The maximum absolute atomic E-state index is 12.3. The summed E-state index contributed by atoms with van der Waals surface area (Å²) in [5.41, 5.74) is 0.908. The molecule has 6 nitrogen and oxygen atoms in total. The Morgan fingerprint density at radius 1 is 1.45 bits per heavy atom. The monoisotopic (exact) mass is 317 g/mol. The second-order valence-corrected chi connectivity index (χ2v) is 5.91. The predicted molar refractivity (Wildman–Crippen MR) is 81.1 cm³/mol. The van der Waals surface area contributed by atoms with E-state index in [2.05, 4.69) is 10.3 Å². The molecule has 22 heavy (non-hydrogen) atoms. The highest BCUT2D eigenvalue weighted by atomic mass is 32.1. The van der Waals surface area contributed by atoms with Crippen molar-refractivity contribution in [3.8, 4) is 0 Å². The lowest BCUT2D eigenvalue weighted by Crippen LogP contribution is -2.45. The summed E-state index contributed by atoms with van der Waals surface area (Å²) < 4.78 is 5.02. The van der Waals surface area contributed by atoms with Crippen molar-refractivity contribution in [1.82, 2.24) is 15.2 Å². The van der Waals surface area contributed by atoms with Gasteiger partial charge < -0.3 is 10.1 Å². The van der Waals surface area contributed by atoms with E-state index in [9.17, 15) is 9.59 Å². The third-order valence-electron chi connectivity index (χ3n) is 3.37. The van der Waals surface area contributed by atoms with Crippen LogP contribution in [0.3, 0.4) is 0 Å². The molecule has 0 aliphatic carbocycles. The fourth-order valence-corrected chi connectivity index (χ4v) is 2.93. The number of thiophene rings is 1. The zero-order valence-electron chi connectivity index (χ0n) is 11.8. The number of carbonyl (C=O) groups excluding carboxylic acids is 2. The first-order valence-corrected chi connectivity index (χ1v) is 7.74. The largest absolute Gasteiger partial charge is 0.447 e. The molecule has 3 heterocycles. The van der Waals surface area contributed by atoms with Crippen LogP contribution in [-0.2, 0) is 22.6 Å². The standard InChI is InChI=1S/C15H15N3O3S/c19-14(17-8-11-3-1-5-16-7-11)13-10-21-15(20)18(13)9-12-4-2-6-22-12/h1-7,13H,8-10H2,(H,17,19)/t13-/m0/s1. The molecule has 0 aromatic carbocycles. The van der Waals surface area contributed by atoms with Crippen molar-refractivity contribution in [2.24, 2.45) is 0 Å². The van der Waals surface area contributed by atoms with E-state index in [1.54, 1.807) is 23.7 Å². The number of nitrogens with zero attached hydrogens (tertiary/aromatic N) is 2. The summed E-state index contributed by atoms with van der Waals surface area (Å²) in [6, 6.07) is 6.95. The Labute approximate surface area is 131 Å². The number of hydrogen-bond donors (Lipinski definition) is 1. The molecule has 3 rings (SSSR count). The molecular weight excluding hydrogens is 302 g/mol. The lowest BCUT2D eigenvalue weighted by Gasteiger charge is -2.20. The van der Waals surface area contributed by atoms with Crippen molar-refractivity contribution < 1.29 is 14.3 Å². The van der Waals surface area contributed by atoms with Gasteiger partial charge in [0.25, 0.3) is 0 Å². The molecule has 1 aliphatic rings. The molecule has 0 bridgehead atoms. The van der Waals surface area contributed by atoms with E-state index < -0.39 is 12.1 Å². The van der Waals surface area contributed by atoms with Gasteiger partial charge >= 0.3 is 6.09 Å². The SMILES string of the molecule is O=C(NCc1cccnc1)[C@@H]1COC(=O)N1Cc1cccs1. The van der Waals surface area contributed by atoms with Crippen LogP contribution in [-0.4, -0.2) is 34.5 Å². The topological polar surface area (TPSA) is 71.5 Å². The summed E-state index contributed by atoms with van der Waals surface area (Å²) in [6.45, 7) is 0.856. The number of pyridine rings is 1. The summed E-state index contributed by atoms with van der Waals surface area (Å²) in [5, 5.41) is 4.76. The number of rotatable bonds is 5. The molecule has 2 aromatic rings. The lowest BCUT2D eigenvalue weighted by molar-refractivity contribution is -0.125. The number of amides is 2. The van der Waals surface area contributed by atoms with E-state index in [1.165, 1.54) is 4.90 Å². The second kappa shape index (κ2) is 6.57. The van der Waals surface area contributed by atoms with E-state index in [0.717, 1.165) is 10.4 Å². The summed E-state index contributed by atoms with van der Waals surface area (Å²) in [4.78, 5) is 30.6. The van der Waals surface area contributed by atoms with Crippen LogP contribution in [0.1, 0.15) is 10.4 Å². The Morgan fingerprint density at radius 3 is 3.09 bits per heavy atom. The van der Waals surface area contributed by atoms with Gasteiger partial charge in [-0.3, -0.25) is 14.7 Å². The van der Waals surface area contributed by atoms with Gasteiger partial charge in [-0.25, -0.2) is 4.79 Å². The maximum Gasteiger partial charge on any atom is 0.410 e. The van der Waals surface area contributed by atoms with Crippen LogP contribution in [0.15, 0.2) is 42.0 Å². The number of carbonyl (C=O) groups is 2. The van der Waals surface area contributed by atoms with Crippen LogP contribution in [0.5, 0.6) is 0 Å². The second-order valence-electron chi connectivity index (χ2n) is 4.88. The summed E-state index contributed by atoms with van der Waals surface area (Å²) in [7, 11) is 0. The van der Waals surface area contributed by atoms with Crippen molar-refractivity contribution in [3.05, 3.63) is 52.5 Å². The molecule has 0 unspecified atom stereocenters. The smallest absolute Gasteiger partial charge is 0.410 e. The molecule has 114 valence electrons. The molecule has 1 saturated heterocycles. The van der Waals surface area contributed by atoms with E-state index in [-0.39, 0.29) is 12.5 Å². The molecule has 1 fully saturated rings. The third kappa shape index (κ3) is 3.25. The summed E-state index contributed by atoms with van der Waals surface area (Å²) >= 11 is 1.55. The van der Waals surface area contributed by atoms with Crippen LogP contribution in [0.4, 0.5) is 4.79 Å². The van der Waals surface area contributed by atoms with E-state index in [0.29, 0.717) is 13.1 Å². The Balaban J connectivity index is 1.61. The van der Waals surface area contributed by atoms with Crippen LogP contribution < -0.4 is 5.32 Å². The first kappa shape index (κ1) is 14.5. The fraction of sp³-hybridized carbons (Fsp3) is 0.267. The zero-order valence-corrected chi connectivity index (χ0v) is 12.6. The van der Waals surface area contributed by atoms with E-state index >= 15 is 0 Å². The number of aromatic nitrogens is 1. The summed E-state index contributed by atoms with van der Waals surface area (Å²) in [5.74, 6) is -0.216. The highest BCUT2D eigenvalue weighted by Gasteiger charge is 2.38. The molecule has 2 amide bonds. The van der Waals surface area contributed by atoms with Crippen molar-refractivity contribution in [1.29, 1.82) is 0 Å². The lowest BCUT2D eigenvalue weighted by atomic mass is 10.2. The molecule has 0 radical (unpaired) electrons. The number of cyclic esters (lactones) is 1. The Morgan fingerprint density at radius 2 is 2.36 bits per heavy atom. The molecule has 1 aliphatic heterocycles.